The minimum atomic E-state index is -3.62. The minimum absolute atomic E-state index is 0.0268. The standard InChI is InChI=1S/C23H30O2S/c1-17-10-13-20(14-11-17)26(24,25)22-16-19(23(2,3)4)12-15-21(22)18-8-6-5-7-9-18/h5-11,13-14,19,21-22H,12,15-16H2,1-4H3/i21D. The SMILES string of the molecule is [2H]C1(c2ccccc2)CCC(C(C)(C)C)CC1S(=O)(=O)c1ccc(C)cc1. The van der Waals surface area contributed by atoms with E-state index in [1.807, 2.05) is 49.4 Å². The molecule has 3 atom stereocenters. The fraction of sp³-hybridized carbons (Fsp3) is 0.478. The highest BCUT2D eigenvalue weighted by molar-refractivity contribution is 7.92. The molecule has 140 valence electrons. The van der Waals surface area contributed by atoms with Crippen molar-refractivity contribution in [3.05, 3.63) is 65.7 Å². The van der Waals surface area contributed by atoms with E-state index in [9.17, 15) is 9.79 Å². The van der Waals surface area contributed by atoms with E-state index in [2.05, 4.69) is 20.8 Å². The van der Waals surface area contributed by atoms with Crippen molar-refractivity contribution in [1.82, 2.24) is 0 Å². The van der Waals surface area contributed by atoms with E-state index >= 15 is 0 Å². The van der Waals surface area contributed by atoms with Crippen LogP contribution in [0.3, 0.4) is 0 Å². The Morgan fingerprint density at radius 2 is 1.58 bits per heavy atom. The topological polar surface area (TPSA) is 34.1 Å². The first-order chi connectivity index (χ1) is 12.5. The number of sulfone groups is 1. The predicted octanol–water partition coefficient (Wildman–Crippen LogP) is 5.77. The van der Waals surface area contributed by atoms with Gasteiger partial charge in [0.1, 0.15) is 0 Å². The molecule has 0 amide bonds. The van der Waals surface area contributed by atoms with Crippen LogP contribution in [-0.2, 0) is 9.84 Å². The quantitative estimate of drug-likeness (QED) is 0.686. The van der Waals surface area contributed by atoms with Crippen LogP contribution in [0.4, 0.5) is 0 Å². The van der Waals surface area contributed by atoms with Gasteiger partial charge in [0.15, 0.2) is 9.84 Å². The second-order valence-electron chi connectivity index (χ2n) is 8.58. The summed E-state index contributed by atoms with van der Waals surface area (Å²) in [7, 11) is -3.62. The monoisotopic (exact) mass is 371 g/mol. The zero-order valence-corrected chi connectivity index (χ0v) is 17.0. The minimum Gasteiger partial charge on any atom is -0.223 e. The molecule has 0 heterocycles. The lowest BCUT2D eigenvalue weighted by Gasteiger charge is -2.41. The average Bonchev–Trinajstić information content (AvgIpc) is 2.62. The molecule has 1 aliphatic carbocycles. The molecule has 0 aliphatic heterocycles. The Balaban J connectivity index is 2.10. The van der Waals surface area contributed by atoms with Crippen LogP contribution in [0.2, 0.25) is 0 Å². The van der Waals surface area contributed by atoms with Crippen molar-refractivity contribution in [3.63, 3.8) is 0 Å². The highest BCUT2D eigenvalue weighted by Crippen LogP contribution is 2.47. The van der Waals surface area contributed by atoms with Gasteiger partial charge in [-0.2, -0.15) is 0 Å². The number of hydrogen-bond donors (Lipinski definition) is 0. The molecule has 2 aromatic rings. The van der Waals surface area contributed by atoms with E-state index in [-0.39, 0.29) is 11.3 Å². The van der Waals surface area contributed by atoms with Crippen molar-refractivity contribution in [1.29, 1.82) is 0 Å². The summed E-state index contributed by atoms with van der Waals surface area (Å²) in [4.78, 5) is 0.334. The molecule has 3 rings (SSSR count). The zero-order valence-electron chi connectivity index (χ0n) is 17.2. The van der Waals surface area contributed by atoms with Crippen molar-refractivity contribution < 1.29 is 9.79 Å². The van der Waals surface area contributed by atoms with Gasteiger partial charge < -0.3 is 0 Å². The Bertz CT molecular complexity index is 882. The van der Waals surface area contributed by atoms with Gasteiger partial charge in [0.25, 0.3) is 0 Å². The molecule has 0 aromatic heterocycles. The first kappa shape index (κ1) is 17.8. The van der Waals surface area contributed by atoms with Gasteiger partial charge in [-0.05, 0) is 55.2 Å². The summed E-state index contributed by atoms with van der Waals surface area (Å²) in [6.07, 6.45) is 1.97. The van der Waals surface area contributed by atoms with Crippen LogP contribution in [0, 0.1) is 18.3 Å². The third-order valence-corrected chi connectivity index (χ3v) is 7.90. The molecule has 3 unspecified atom stereocenters. The molecule has 2 nitrogen and oxygen atoms in total. The zero-order chi connectivity index (χ0) is 19.9. The third-order valence-electron chi connectivity index (χ3n) is 5.74. The molecular weight excluding hydrogens is 340 g/mol. The van der Waals surface area contributed by atoms with Gasteiger partial charge in [-0.15, -0.1) is 0 Å². The van der Waals surface area contributed by atoms with E-state index in [1.54, 1.807) is 12.1 Å². The molecule has 1 fully saturated rings. The van der Waals surface area contributed by atoms with E-state index in [4.69, 9.17) is 0 Å². The number of benzene rings is 2. The molecule has 3 heteroatoms. The molecular formula is C23H30O2S. The van der Waals surface area contributed by atoms with Gasteiger partial charge in [-0.1, -0.05) is 68.8 Å². The van der Waals surface area contributed by atoms with E-state index in [0.717, 1.165) is 17.5 Å². The maximum atomic E-state index is 13.6. The van der Waals surface area contributed by atoms with Gasteiger partial charge in [0, 0.05) is 7.26 Å². The third kappa shape index (κ3) is 3.88. The smallest absolute Gasteiger partial charge is 0.181 e. The molecule has 2 aromatic carbocycles. The summed E-state index contributed by atoms with van der Waals surface area (Å²) >= 11 is 0. The Hall–Kier alpha value is -1.61. The summed E-state index contributed by atoms with van der Waals surface area (Å²) < 4.78 is 36.6. The summed E-state index contributed by atoms with van der Waals surface area (Å²) in [5.41, 5.74) is 1.86. The normalized spacial score (nSPS) is 27.8. The van der Waals surface area contributed by atoms with Gasteiger partial charge in [-0.25, -0.2) is 8.42 Å². The maximum absolute atomic E-state index is 13.6. The van der Waals surface area contributed by atoms with Crippen LogP contribution < -0.4 is 0 Å². The fourth-order valence-corrected chi connectivity index (χ4v) is 5.94. The second kappa shape index (κ2) is 7.19. The molecule has 0 N–H and O–H groups in total. The molecule has 1 aliphatic rings. The van der Waals surface area contributed by atoms with Crippen molar-refractivity contribution in [2.75, 3.05) is 0 Å². The van der Waals surface area contributed by atoms with E-state index < -0.39 is 21.0 Å². The van der Waals surface area contributed by atoms with Gasteiger partial charge >= 0.3 is 0 Å². The van der Waals surface area contributed by atoms with Crippen LogP contribution in [0.15, 0.2) is 59.5 Å². The molecule has 0 bridgehead atoms. The van der Waals surface area contributed by atoms with E-state index in [0.29, 0.717) is 17.7 Å². The molecule has 26 heavy (non-hydrogen) atoms. The van der Waals surface area contributed by atoms with Gasteiger partial charge in [0.2, 0.25) is 0 Å². The number of rotatable bonds is 3. The molecule has 1 saturated carbocycles. The molecule has 0 saturated heterocycles. The lowest BCUT2D eigenvalue weighted by atomic mass is 9.68. The first-order valence-corrected chi connectivity index (χ1v) is 11.0. The Kier molecular flexibility index (Phi) is 4.92. The Morgan fingerprint density at radius 3 is 2.15 bits per heavy atom. The average molecular weight is 372 g/mol. The van der Waals surface area contributed by atoms with Crippen molar-refractivity contribution in [2.24, 2.45) is 11.3 Å². The van der Waals surface area contributed by atoms with Crippen LogP contribution in [-0.4, -0.2) is 13.7 Å². The second-order valence-corrected chi connectivity index (χ2v) is 10.7. The van der Waals surface area contributed by atoms with Gasteiger partial charge in [-0.3, -0.25) is 0 Å². The number of aryl methyl sites for hydroxylation is 1. The summed E-state index contributed by atoms with van der Waals surface area (Å²) in [5, 5.41) is -0.743. The van der Waals surface area contributed by atoms with Crippen LogP contribution in [0.5, 0.6) is 0 Å². The van der Waals surface area contributed by atoms with Crippen LogP contribution in [0.25, 0.3) is 0 Å². The fourth-order valence-electron chi connectivity index (χ4n) is 3.98. The lowest BCUT2D eigenvalue weighted by molar-refractivity contribution is 0.170. The Morgan fingerprint density at radius 1 is 0.962 bits per heavy atom. The van der Waals surface area contributed by atoms with Crippen LogP contribution >= 0.6 is 0 Å². The summed E-state index contributed by atoms with van der Waals surface area (Å²) in [5.74, 6) is -0.836. The molecule has 0 spiro atoms. The van der Waals surface area contributed by atoms with Crippen molar-refractivity contribution in [3.8, 4) is 0 Å². The Labute approximate surface area is 160 Å². The van der Waals surface area contributed by atoms with Crippen molar-refractivity contribution >= 4 is 9.84 Å². The van der Waals surface area contributed by atoms with Gasteiger partial charge in [0.05, 0.1) is 10.1 Å². The summed E-state index contributed by atoms with van der Waals surface area (Å²) in [6.45, 7) is 8.47. The largest absolute Gasteiger partial charge is 0.223 e. The number of hydrogen-bond acceptors (Lipinski definition) is 2. The predicted molar refractivity (Wildman–Crippen MR) is 108 cm³/mol. The lowest BCUT2D eigenvalue weighted by Crippen LogP contribution is -2.38. The van der Waals surface area contributed by atoms with E-state index in [1.165, 1.54) is 0 Å². The summed E-state index contributed by atoms with van der Waals surface area (Å²) in [6, 6.07) is 16.6. The highest BCUT2D eigenvalue weighted by atomic mass is 32.2. The molecule has 0 radical (unpaired) electrons. The van der Waals surface area contributed by atoms with Crippen molar-refractivity contribution in [2.45, 2.75) is 63.0 Å². The maximum Gasteiger partial charge on any atom is 0.181 e. The first-order valence-electron chi connectivity index (χ1n) is 9.91. The highest BCUT2D eigenvalue weighted by Gasteiger charge is 2.43. The van der Waals surface area contributed by atoms with Crippen LogP contribution in [0.1, 0.15) is 58.4 Å².